The lowest BCUT2D eigenvalue weighted by Gasteiger charge is -2.20. The Bertz CT molecular complexity index is 508. The van der Waals surface area contributed by atoms with Crippen molar-refractivity contribution in [3.63, 3.8) is 0 Å². The predicted molar refractivity (Wildman–Crippen MR) is 64.8 cm³/mol. The van der Waals surface area contributed by atoms with Crippen LogP contribution in [0.4, 0.5) is 4.79 Å². The van der Waals surface area contributed by atoms with Gasteiger partial charge in [0.15, 0.2) is 0 Å². The van der Waals surface area contributed by atoms with Crippen LogP contribution >= 0.6 is 0 Å². The van der Waals surface area contributed by atoms with Gasteiger partial charge in [-0.1, -0.05) is 18.2 Å². The minimum Gasteiger partial charge on any atom is -0.444 e. The third-order valence-electron chi connectivity index (χ3n) is 2.22. The first-order valence-corrected chi connectivity index (χ1v) is 5.58. The predicted octanol–water partition coefficient (Wildman–Crippen LogP) is 0.951. The third-order valence-corrected chi connectivity index (χ3v) is 2.22. The first-order chi connectivity index (χ1) is 7.94. The van der Waals surface area contributed by atoms with E-state index in [0.29, 0.717) is 0 Å². The quantitative estimate of drug-likeness (QED) is 0.783. The summed E-state index contributed by atoms with van der Waals surface area (Å²) in [5.41, 5.74) is -0.491. The zero-order chi connectivity index (χ0) is 12.5. The lowest BCUT2D eigenvalue weighted by atomic mass is 10.2. The number of amides is 1. The van der Waals surface area contributed by atoms with Gasteiger partial charge >= 0.3 is 6.09 Å². The second-order valence-corrected chi connectivity index (χ2v) is 4.95. The molecule has 1 heterocycles. The van der Waals surface area contributed by atoms with Gasteiger partial charge in [0, 0.05) is 0 Å². The third kappa shape index (κ3) is 3.06. The molecule has 0 aliphatic carbocycles. The molecule has 1 aromatic rings. The molecule has 0 radical (unpaired) electrons. The zero-order valence-electron chi connectivity index (χ0n) is 10.2. The van der Waals surface area contributed by atoms with Gasteiger partial charge in [-0.25, -0.2) is 4.79 Å². The monoisotopic (exact) mass is 232 g/mol. The smallest absolute Gasteiger partial charge is 0.409 e. The van der Waals surface area contributed by atoms with Gasteiger partial charge in [-0.15, -0.1) is 0 Å². The molecule has 1 atom stereocenters. The lowest BCUT2D eigenvalue weighted by Crippen LogP contribution is -2.36. The fraction of sp³-hybridized carbons (Fsp3) is 0.385. The van der Waals surface area contributed by atoms with Crippen molar-refractivity contribution in [3.05, 3.63) is 34.8 Å². The molecule has 0 saturated heterocycles. The number of alkyl carbamates (subject to hydrolysis) is 1. The van der Waals surface area contributed by atoms with Crippen LogP contribution in [0.15, 0.2) is 29.3 Å². The highest BCUT2D eigenvalue weighted by Crippen LogP contribution is 2.07. The van der Waals surface area contributed by atoms with Gasteiger partial charge in [0.2, 0.25) is 0 Å². The summed E-state index contributed by atoms with van der Waals surface area (Å²) in [6, 6.07) is 7.75. The summed E-state index contributed by atoms with van der Waals surface area (Å²) in [5.74, 6) is 0. The lowest BCUT2D eigenvalue weighted by molar-refractivity contribution is 0.0519. The molecule has 0 bridgehead atoms. The van der Waals surface area contributed by atoms with Gasteiger partial charge in [-0.05, 0) is 38.1 Å². The summed E-state index contributed by atoms with van der Waals surface area (Å²) in [5, 5.41) is 4.63. The van der Waals surface area contributed by atoms with E-state index in [1.807, 2.05) is 51.1 Å². The van der Waals surface area contributed by atoms with E-state index in [4.69, 9.17) is 4.74 Å². The molecule has 1 amide bonds. The van der Waals surface area contributed by atoms with Gasteiger partial charge < -0.3 is 4.74 Å². The Kier molecular flexibility index (Phi) is 2.88. The maximum atomic E-state index is 11.6. The molecule has 0 aromatic heterocycles. The number of fused-ring (bicyclic) bond motifs is 1. The van der Waals surface area contributed by atoms with Crippen LogP contribution in [-0.4, -0.2) is 17.9 Å². The Labute approximate surface area is 100 Å². The standard InChI is InChI=1S/C13H16N2O2/c1-13(2,3)17-12(16)15-11-8-9-6-4-5-7-10(9)14-11/h4-8,11H,1-3H3,(H,15,16)/t11-/m0/s1. The fourth-order valence-corrected chi connectivity index (χ4v) is 1.61. The number of carbonyl (C=O) groups is 1. The molecule has 2 rings (SSSR count). The Balaban J connectivity index is 2.04. The molecule has 1 aromatic carbocycles. The van der Waals surface area contributed by atoms with E-state index >= 15 is 0 Å². The summed E-state index contributed by atoms with van der Waals surface area (Å²) in [7, 11) is 0. The number of nitrogens with one attached hydrogen (secondary N) is 1. The number of hydrogen-bond donors (Lipinski definition) is 1. The number of ether oxygens (including phenoxy) is 1. The number of carbonyl (C=O) groups excluding carboxylic acids is 1. The average Bonchev–Trinajstić information content (AvgIpc) is 2.55. The van der Waals surface area contributed by atoms with Crippen LogP contribution in [0.5, 0.6) is 0 Å². The molecule has 1 N–H and O–H groups in total. The molecule has 90 valence electrons. The number of para-hydroxylation sites is 1. The fourth-order valence-electron chi connectivity index (χ4n) is 1.61. The topological polar surface area (TPSA) is 50.7 Å². The van der Waals surface area contributed by atoms with Crippen LogP contribution in [0.2, 0.25) is 0 Å². The van der Waals surface area contributed by atoms with Crippen molar-refractivity contribution in [1.29, 1.82) is 0 Å². The van der Waals surface area contributed by atoms with E-state index in [2.05, 4.69) is 10.3 Å². The normalized spacial score (nSPS) is 17.7. The Hall–Kier alpha value is -1.84. The van der Waals surface area contributed by atoms with Gasteiger partial charge in [-0.2, -0.15) is 0 Å². The highest BCUT2D eigenvalue weighted by molar-refractivity contribution is 5.69. The summed E-state index contributed by atoms with van der Waals surface area (Å²) in [6.45, 7) is 5.49. The van der Waals surface area contributed by atoms with E-state index in [1.165, 1.54) is 0 Å². The second-order valence-electron chi connectivity index (χ2n) is 4.95. The van der Waals surface area contributed by atoms with Crippen LogP contribution in [0.3, 0.4) is 0 Å². The molecule has 4 heteroatoms. The van der Waals surface area contributed by atoms with Crippen molar-refractivity contribution in [3.8, 4) is 0 Å². The highest BCUT2D eigenvalue weighted by Gasteiger charge is 2.18. The maximum absolute atomic E-state index is 11.6. The van der Waals surface area contributed by atoms with Crippen LogP contribution in [0, 0.1) is 0 Å². The number of nitrogens with zero attached hydrogens (tertiary/aromatic N) is 1. The first-order valence-electron chi connectivity index (χ1n) is 5.58. The van der Waals surface area contributed by atoms with E-state index in [1.54, 1.807) is 0 Å². The summed E-state index contributed by atoms with van der Waals surface area (Å²) >= 11 is 0. The maximum Gasteiger partial charge on any atom is 0.409 e. The SMILES string of the molecule is CC(C)(C)OC(=O)N[C@H]1C=c2ccccc2=N1. The Morgan fingerprint density at radius 3 is 2.71 bits per heavy atom. The van der Waals surface area contributed by atoms with Crippen molar-refractivity contribution >= 4 is 12.2 Å². The van der Waals surface area contributed by atoms with Crippen molar-refractivity contribution in [2.75, 3.05) is 0 Å². The van der Waals surface area contributed by atoms with Crippen molar-refractivity contribution in [2.24, 2.45) is 4.99 Å². The molecule has 17 heavy (non-hydrogen) atoms. The van der Waals surface area contributed by atoms with Gasteiger partial charge in [0.1, 0.15) is 11.8 Å². The minimum atomic E-state index is -0.491. The minimum absolute atomic E-state index is 0.331. The van der Waals surface area contributed by atoms with Gasteiger partial charge in [0.05, 0.1) is 5.36 Å². The Morgan fingerprint density at radius 2 is 2.06 bits per heavy atom. The van der Waals surface area contributed by atoms with E-state index < -0.39 is 11.7 Å². The zero-order valence-corrected chi connectivity index (χ0v) is 10.2. The van der Waals surface area contributed by atoms with Crippen LogP contribution in [-0.2, 0) is 4.74 Å². The molecule has 0 spiro atoms. The molecule has 4 nitrogen and oxygen atoms in total. The number of hydrogen-bond acceptors (Lipinski definition) is 3. The van der Waals surface area contributed by atoms with E-state index in [-0.39, 0.29) is 6.17 Å². The van der Waals surface area contributed by atoms with E-state index in [9.17, 15) is 4.79 Å². The molecule has 1 aliphatic rings. The molecule has 0 unspecified atom stereocenters. The van der Waals surface area contributed by atoms with Crippen molar-refractivity contribution in [2.45, 2.75) is 32.5 Å². The molecular formula is C13H16N2O2. The summed E-state index contributed by atoms with van der Waals surface area (Å²) in [6.07, 6.45) is 1.12. The Morgan fingerprint density at radius 1 is 1.35 bits per heavy atom. The largest absolute Gasteiger partial charge is 0.444 e. The molecule has 0 fully saturated rings. The van der Waals surface area contributed by atoms with E-state index in [0.717, 1.165) is 10.6 Å². The van der Waals surface area contributed by atoms with Crippen LogP contribution < -0.4 is 15.9 Å². The first kappa shape index (κ1) is 11.6. The van der Waals surface area contributed by atoms with Gasteiger partial charge in [0.25, 0.3) is 0 Å². The molecular weight excluding hydrogens is 216 g/mol. The average molecular weight is 232 g/mol. The molecule has 1 aliphatic heterocycles. The van der Waals surface area contributed by atoms with Gasteiger partial charge in [-0.3, -0.25) is 10.3 Å². The van der Waals surface area contributed by atoms with Crippen molar-refractivity contribution in [1.82, 2.24) is 5.32 Å². The summed E-state index contributed by atoms with van der Waals surface area (Å²) < 4.78 is 5.17. The summed E-state index contributed by atoms with van der Waals surface area (Å²) in [4.78, 5) is 15.9. The van der Waals surface area contributed by atoms with Crippen LogP contribution in [0.25, 0.3) is 6.08 Å². The van der Waals surface area contributed by atoms with Crippen LogP contribution in [0.1, 0.15) is 20.8 Å². The second kappa shape index (κ2) is 4.20. The molecule has 0 saturated carbocycles. The van der Waals surface area contributed by atoms with Crippen molar-refractivity contribution < 1.29 is 9.53 Å². The number of benzene rings is 1. The number of rotatable bonds is 1. The highest BCUT2D eigenvalue weighted by atomic mass is 16.6.